The molecule has 0 bridgehead atoms. The monoisotopic (exact) mass is 253 g/mol. The van der Waals surface area contributed by atoms with Gasteiger partial charge in [0.2, 0.25) is 0 Å². The first-order valence-electron chi connectivity index (χ1n) is 5.49. The number of hydrogen-bond donors (Lipinski definition) is 0. The Morgan fingerprint density at radius 2 is 2.24 bits per heavy atom. The van der Waals surface area contributed by atoms with Gasteiger partial charge in [-0.15, -0.1) is 0 Å². The van der Waals surface area contributed by atoms with Crippen molar-refractivity contribution in [3.63, 3.8) is 0 Å². The number of ketones is 1. The van der Waals surface area contributed by atoms with Crippen LogP contribution in [0.1, 0.15) is 32.2 Å². The second-order valence-electron chi connectivity index (χ2n) is 4.34. The summed E-state index contributed by atoms with van der Waals surface area (Å²) in [5, 5.41) is 14.0. The minimum absolute atomic E-state index is 0.155. The molecule has 0 saturated carbocycles. The molecule has 1 heterocycles. The van der Waals surface area contributed by atoms with Crippen LogP contribution in [0.3, 0.4) is 0 Å². The second kappa shape index (κ2) is 4.89. The van der Waals surface area contributed by atoms with Crippen LogP contribution in [0.15, 0.2) is 0 Å². The molecule has 1 aromatic rings. The molecule has 0 N–H and O–H groups in total. The standard InChI is InChI=1S/C12H16ClN3O/c1-5-16-10(11(13)8(2)15-16)6-12(4,7-14)9(3)17/h5-6H2,1-4H3. The predicted molar refractivity (Wildman–Crippen MR) is 65.8 cm³/mol. The van der Waals surface area contributed by atoms with Crippen LogP contribution >= 0.6 is 11.6 Å². The largest absolute Gasteiger partial charge is 0.298 e. The van der Waals surface area contributed by atoms with Gasteiger partial charge in [0, 0.05) is 13.0 Å². The number of aromatic nitrogens is 2. The zero-order chi connectivity index (χ0) is 13.2. The van der Waals surface area contributed by atoms with Gasteiger partial charge < -0.3 is 0 Å². The van der Waals surface area contributed by atoms with Gasteiger partial charge in [-0.25, -0.2) is 0 Å². The number of carbonyl (C=O) groups is 1. The van der Waals surface area contributed by atoms with Crippen molar-refractivity contribution in [3.05, 3.63) is 16.4 Å². The summed E-state index contributed by atoms with van der Waals surface area (Å²) in [7, 11) is 0. The smallest absolute Gasteiger partial charge is 0.150 e. The van der Waals surface area contributed by atoms with Gasteiger partial charge in [-0.3, -0.25) is 9.48 Å². The fraction of sp³-hybridized carbons (Fsp3) is 0.583. The molecular formula is C12H16ClN3O. The Morgan fingerprint density at radius 3 is 2.65 bits per heavy atom. The van der Waals surface area contributed by atoms with Crippen LogP contribution < -0.4 is 0 Å². The number of aryl methyl sites for hydroxylation is 2. The van der Waals surface area contributed by atoms with Crippen LogP contribution in [0, 0.1) is 23.7 Å². The molecule has 0 spiro atoms. The van der Waals surface area contributed by atoms with Crippen molar-refractivity contribution in [1.82, 2.24) is 9.78 Å². The van der Waals surface area contributed by atoms with Gasteiger partial charge in [0.05, 0.1) is 22.5 Å². The van der Waals surface area contributed by atoms with Gasteiger partial charge in [-0.2, -0.15) is 10.4 Å². The van der Waals surface area contributed by atoms with Crippen molar-refractivity contribution >= 4 is 17.4 Å². The van der Waals surface area contributed by atoms with E-state index in [2.05, 4.69) is 11.2 Å². The minimum Gasteiger partial charge on any atom is -0.298 e. The Kier molecular flexibility index (Phi) is 3.94. The first kappa shape index (κ1) is 13.7. The quantitative estimate of drug-likeness (QED) is 0.829. The normalized spacial score (nSPS) is 14.1. The number of Topliss-reactive ketones (excluding diaryl/α,β-unsaturated/α-hetero) is 1. The maximum absolute atomic E-state index is 11.5. The van der Waals surface area contributed by atoms with Gasteiger partial charge >= 0.3 is 0 Å². The zero-order valence-corrected chi connectivity index (χ0v) is 11.3. The molecule has 0 aliphatic carbocycles. The molecule has 0 aliphatic heterocycles. The van der Waals surface area contributed by atoms with E-state index in [1.165, 1.54) is 6.92 Å². The van der Waals surface area contributed by atoms with E-state index in [-0.39, 0.29) is 5.78 Å². The lowest BCUT2D eigenvalue weighted by molar-refractivity contribution is -0.123. The third-order valence-corrected chi connectivity index (χ3v) is 3.49. The Hall–Kier alpha value is -1.34. The Labute approximate surface area is 106 Å². The van der Waals surface area contributed by atoms with Gasteiger partial charge in [-0.1, -0.05) is 11.6 Å². The van der Waals surface area contributed by atoms with Crippen molar-refractivity contribution in [2.24, 2.45) is 5.41 Å². The van der Waals surface area contributed by atoms with Crippen molar-refractivity contribution in [2.45, 2.75) is 40.7 Å². The summed E-state index contributed by atoms with van der Waals surface area (Å²) < 4.78 is 1.75. The van der Waals surface area contributed by atoms with Crippen molar-refractivity contribution in [3.8, 4) is 6.07 Å². The maximum atomic E-state index is 11.5. The molecule has 0 aliphatic rings. The molecule has 1 atom stereocenters. The molecule has 0 amide bonds. The molecule has 92 valence electrons. The number of nitriles is 1. The molecule has 17 heavy (non-hydrogen) atoms. The van der Waals surface area contributed by atoms with Crippen LogP contribution in [0.4, 0.5) is 0 Å². The fourth-order valence-electron chi connectivity index (χ4n) is 1.62. The highest BCUT2D eigenvalue weighted by Gasteiger charge is 2.32. The lowest BCUT2D eigenvalue weighted by Crippen LogP contribution is -2.27. The first-order chi connectivity index (χ1) is 7.85. The number of halogens is 1. The van der Waals surface area contributed by atoms with Gasteiger partial charge in [0.25, 0.3) is 0 Å². The van der Waals surface area contributed by atoms with E-state index in [0.717, 1.165) is 11.4 Å². The molecule has 1 aromatic heterocycles. The predicted octanol–water partition coefficient (Wildman–Crippen LogP) is 2.53. The Balaban J connectivity index is 3.19. The average molecular weight is 254 g/mol. The number of rotatable bonds is 4. The molecule has 0 radical (unpaired) electrons. The molecule has 0 aromatic carbocycles. The summed E-state index contributed by atoms with van der Waals surface area (Å²) in [4.78, 5) is 11.5. The van der Waals surface area contributed by atoms with E-state index in [1.807, 2.05) is 13.8 Å². The molecule has 0 saturated heterocycles. The molecule has 1 unspecified atom stereocenters. The van der Waals surface area contributed by atoms with E-state index < -0.39 is 5.41 Å². The lowest BCUT2D eigenvalue weighted by Gasteiger charge is -2.18. The lowest BCUT2D eigenvalue weighted by atomic mass is 9.83. The third-order valence-electron chi connectivity index (χ3n) is 3.00. The van der Waals surface area contributed by atoms with E-state index in [1.54, 1.807) is 11.6 Å². The minimum atomic E-state index is -1.04. The Morgan fingerprint density at radius 1 is 1.65 bits per heavy atom. The van der Waals surface area contributed by atoms with Crippen molar-refractivity contribution in [2.75, 3.05) is 0 Å². The van der Waals surface area contributed by atoms with Crippen LogP contribution in [-0.4, -0.2) is 15.6 Å². The summed E-state index contributed by atoms with van der Waals surface area (Å²) in [6.07, 6.45) is 0.298. The average Bonchev–Trinajstić information content (AvgIpc) is 2.56. The van der Waals surface area contributed by atoms with Gasteiger partial charge in [0.15, 0.2) is 0 Å². The summed E-state index contributed by atoms with van der Waals surface area (Å²) in [6.45, 7) is 7.49. The molecular weight excluding hydrogens is 238 g/mol. The summed E-state index contributed by atoms with van der Waals surface area (Å²) in [5.74, 6) is -0.155. The van der Waals surface area contributed by atoms with Crippen molar-refractivity contribution < 1.29 is 4.79 Å². The highest BCUT2D eigenvalue weighted by Crippen LogP contribution is 2.29. The fourth-order valence-corrected chi connectivity index (χ4v) is 1.82. The second-order valence-corrected chi connectivity index (χ2v) is 4.72. The molecule has 5 heteroatoms. The van der Waals surface area contributed by atoms with Crippen LogP contribution in [-0.2, 0) is 17.8 Å². The van der Waals surface area contributed by atoms with E-state index in [4.69, 9.17) is 16.9 Å². The van der Waals surface area contributed by atoms with Crippen LogP contribution in [0.5, 0.6) is 0 Å². The topological polar surface area (TPSA) is 58.7 Å². The zero-order valence-electron chi connectivity index (χ0n) is 10.5. The Bertz CT molecular complexity index is 487. The molecule has 1 rings (SSSR count). The van der Waals surface area contributed by atoms with Gasteiger partial charge in [0.1, 0.15) is 11.2 Å². The third kappa shape index (κ3) is 2.50. The number of nitrogens with zero attached hydrogens (tertiary/aromatic N) is 3. The summed E-state index contributed by atoms with van der Waals surface area (Å²) in [5.41, 5.74) is 0.446. The van der Waals surface area contributed by atoms with E-state index in [9.17, 15) is 4.79 Å². The SMILES string of the molecule is CCn1nc(C)c(Cl)c1CC(C)(C#N)C(C)=O. The molecule has 4 nitrogen and oxygen atoms in total. The molecule has 0 fully saturated rings. The highest BCUT2D eigenvalue weighted by atomic mass is 35.5. The van der Waals surface area contributed by atoms with Gasteiger partial charge in [-0.05, 0) is 27.7 Å². The maximum Gasteiger partial charge on any atom is 0.150 e. The number of hydrogen-bond acceptors (Lipinski definition) is 3. The van der Waals surface area contributed by atoms with Crippen molar-refractivity contribution in [1.29, 1.82) is 5.26 Å². The van der Waals surface area contributed by atoms with Crippen LogP contribution in [0.25, 0.3) is 0 Å². The van der Waals surface area contributed by atoms with E-state index in [0.29, 0.717) is 18.0 Å². The number of carbonyl (C=O) groups excluding carboxylic acids is 1. The summed E-state index contributed by atoms with van der Waals surface area (Å²) in [6, 6.07) is 2.06. The van der Waals surface area contributed by atoms with Crippen LogP contribution in [0.2, 0.25) is 5.02 Å². The highest BCUT2D eigenvalue weighted by molar-refractivity contribution is 6.31. The first-order valence-corrected chi connectivity index (χ1v) is 5.87. The van der Waals surface area contributed by atoms with E-state index >= 15 is 0 Å². The summed E-state index contributed by atoms with van der Waals surface area (Å²) >= 11 is 6.16.